The Balaban J connectivity index is 2.43. The number of hydrogen-bond donors (Lipinski definition) is 1. The summed E-state index contributed by atoms with van der Waals surface area (Å²) in [4.78, 5) is 2.95. The van der Waals surface area contributed by atoms with Crippen LogP contribution < -0.4 is 0 Å². The molecular formula is C13H7ClF2N2S. The summed E-state index contributed by atoms with van der Waals surface area (Å²) in [6, 6.07) is 9.07. The number of H-pyrrole nitrogens is 1. The lowest BCUT2D eigenvalue weighted by atomic mass is 10.2. The summed E-state index contributed by atoms with van der Waals surface area (Å²) < 4.78 is 28.8. The SMILES string of the molecule is Fc1cc(F)c(-n2c(=S)[nH]c3ccccc32)c(Cl)c1. The first-order chi connectivity index (χ1) is 9.08. The molecule has 1 aromatic heterocycles. The van der Waals surface area contributed by atoms with Crippen molar-refractivity contribution in [3.63, 3.8) is 0 Å². The predicted molar refractivity (Wildman–Crippen MR) is 73.4 cm³/mol. The molecule has 0 saturated carbocycles. The van der Waals surface area contributed by atoms with Gasteiger partial charge in [-0.25, -0.2) is 8.78 Å². The molecule has 0 atom stereocenters. The highest BCUT2D eigenvalue weighted by Gasteiger charge is 2.15. The first kappa shape index (κ1) is 12.3. The van der Waals surface area contributed by atoms with Crippen LogP contribution in [0.1, 0.15) is 0 Å². The molecule has 0 aliphatic rings. The van der Waals surface area contributed by atoms with E-state index in [4.69, 9.17) is 23.8 Å². The average Bonchev–Trinajstić information content (AvgIpc) is 2.65. The van der Waals surface area contributed by atoms with E-state index in [1.807, 2.05) is 12.1 Å². The van der Waals surface area contributed by atoms with Crippen LogP contribution in [0.5, 0.6) is 0 Å². The number of para-hydroxylation sites is 2. The number of aromatic amines is 1. The topological polar surface area (TPSA) is 20.7 Å². The summed E-state index contributed by atoms with van der Waals surface area (Å²) in [5.41, 5.74) is 1.48. The van der Waals surface area contributed by atoms with Crippen LogP contribution in [0.2, 0.25) is 5.02 Å². The van der Waals surface area contributed by atoms with Crippen LogP contribution in [-0.4, -0.2) is 9.55 Å². The highest BCUT2D eigenvalue weighted by Crippen LogP contribution is 2.28. The van der Waals surface area contributed by atoms with E-state index in [1.54, 1.807) is 12.1 Å². The zero-order valence-electron chi connectivity index (χ0n) is 9.45. The van der Waals surface area contributed by atoms with E-state index < -0.39 is 11.6 Å². The number of fused-ring (bicyclic) bond motifs is 1. The van der Waals surface area contributed by atoms with Crippen molar-refractivity contribution >= 4 is 34.9 Å². The van der Waals surface area contributed by atoms with Crippen molar-refractivity contribution in [3.8, 4) is 5.69 Å². The van der Waals surface area contributed by atoms with Gasteiger partial charge in [-0.15, -0.1) is 0 Å². The van der Waals surface area contributed by atoms with Gasteiger partial charge in [0.25, 0.3) is 0 Å². The average molecular weight is 297 g/mol. The van der Waals surface area contributed by atoms with Gasteiger partial charge in [-0.3, -0.25) is 4.57 Å². The third-order valence-electron chi connectivity index (χ3n) is 2.79. The van der Waals surface area contributed by atoms with Crippen LogP contribution >= 0.6 is 23.8 Å². The summed E-state index contributed by atoms with van der Waals surface area (Å²) in [6.07, 6.45) is 0. The second-order valence-electron chi connectivity index (χ2n) is 4.00. The summed E-state index contributed by atoms with van der Waals surface area (Å²) in [5, 5.41) is -0.0293. The summed E-state index contributed by atoms with van der Waals surface area (Å²) in [7, 11) is 0. The number of nitrogens with zero attached hydrogens (tertiary/aromatic N) is 1. The monoisotopic (exact) mass is 296 g/mol. The first-order valence-corrected chi connectivity index (χ1v) is 6.21. The molecule has 0 aliphatic carbocycles. The molecule has 0 radical (unpaired) electrons. The molecule has 1 heterocycles. The van der Waals surface area contributed by atoms with Gasteiger partial charge in [-0.05, 0) is 30.4 Å². The van der Waals surface area contributed by atoms with Crippen LogP contribution in [0.4, 0.5) is 8.78 Å². The first-order valence-electron chi connectivity index (χ1n) is 5.42. The highest BCUT2D eigenvalue weighted by atomic mass is 35.5. The van der Waals surface area contributed by atoms with Crippen molar-refractivity contribution in [3.05, 3.63) is 57.8 Å². The largest absolute Gasteiger partial charge is 0.330 e. The number of nitrogens with one attached hydrogen (secondary N) is 1. The van der Waals surface area contributed by atoms with E-state index in [-0.39, 0.29) is 10.7 Å². The van der Waals surface area contributed by atoms with Crippen LogP contribution in [0, 0.1) is 16.4 Å². The number of imidazole rings is 1. The fourth-order valence-corrected chi connectivity index (χ4v) is 2.60. The maximum absolute atomic E-state index is 14.0. The van der Waals surface area contributed by atoms with E-state index in [9.17, 15) is 8.78 Å². The molecule has 6 heteroatoms. The molecule has 3 rings (SSSR count). The molecule has 0 bridgehead atoms. The Morgan fingerprint density at radius 1 is 1.16 bits per heavy atom. The maximum Gasteiger partial charge on any atom is 0.182 e. The Kier molecular flexibility index (Phi) is 2.88. The van der Waals surface area contributed by atoms with Gasteiger partial charge in [0.05, 0.1) is 16.1 Å². The van der Waals surface area contributed by atoms with Crippen molar-refractivity contribution in [2.75, 3.05) is 0 Å². The molecule has 1 N–H and O–H groups in total. The molecule has 96 valence electrons. The van der Waals surface area contributed by atoms with Gasteiger partial charge in [0, 0.05) is 6.07 Å². The lowest BCUT2D eigenvalue weighted by molar-refractivity contribution is 0.578. The van der Waals surface area contributed by atoms with E-state index in [2.05, 4.69) is 4.98 Å². The minimum atomic E-state index is -0.758. The molecule has 0 amide bonds. The lowest BCUT2D eigenvalue weighted by Gasteiger charge is -2.08. The maximum atomic E-state index is 14.0. The minimum Gasteiger partial charge on any atom is -0.330 e. The van der Waals surface area contributed by atoms with Crippen molar-refractivity contribution < 1.29 is 8.78 Å². The standard InChI is InChI=1S/C13H7ClF2N2S/c14-8-5-7(15)6-9(16)12(8)18-11-4-2-1-3-10(11)17-13(18)19/h1-6H,(H,17,19). The third-order valence-corrected chi connectivity index (χ3v) is 3.37. The van der Waals surface area contributed by atoms with Crippen molar-refractivity contribution in [1.29, 1.82) is 0 Å². The molecule has 0 saturated heterocycles. The molecule has 2 aromatic carbocycles. The number of hydrogen-bond acceptors (Lipinski definition) is 1. The van der Waals surface area contributed by atoms with E-state index in [0.29, 0.717) is 10.3 Å². The Labute approximate surface area is 117 Å². The van der Waals surface area contributed by atoms with Crippen LogP contribution in [-0.2, 0) is 0 Å². The Bertz CT molecular complexity index is 815. The highest BCUT2D eigenvalue weighted by molar-refractivity contribution is 7.71. The Hall–Kier alpha value is -1.72. The lowest BCUT2D eigenvalue weighted by Crippen LogP contribution is -2.00. The Morgan fingerprint density at radius 3 is 2.63 bits per heavy atom. The summed E-state index contributed by atoms with van der Waals surface area (Å²) >= 11 is 11.1. The minimum absolute atomic E-state index is 0.0293. The summed E-state index contributed by atoms with van der Waals surface area (Å²) in [5.74, 6) is -1.48. The fourth-order valence-electron chi connectivity index (χ4n) is 2.03. The number of aromatic nitrogens is 2. The van der Waals surface area contributed by atoms with Gasteiger partial charge >= 0.3 is 0 Å². The number of halogens is 3. The van der Waals surface area contributed by atoms with Crippen LogP contribution in [0.3, 0.4) is 0 Å². The van der Waals surface area contributed by atoms with Crippen LogP contribution in [0.25, 0.3) is 16.7 Å². The molecule has 0 fully saturated rings. The van der Waals surface area contributed by atoms with Crippen molar-refractivity contribution in [2.45, 2.75) is 0 Å². The molecule has 0 unspecified atom stereocenters. The Morgan fingerprint density at radius 2 is 1.89 bits per heavy atom. The molecule has 0 aliphatic heterocycles. The van der Waals surface area contributed by atoms with Gasteiger partial charge in [0.15, 0.2) is 10.6 Å². The van der Waals surface area contributed by atoms with Crippen molar-refractivity contribution in [2.24, 2.45) is 0 Å². The van der Waals surface area contributed by atoms with Gasteiger partial charge in [0.2, 0.25) is 0 Å². The van der Waals surface area contributed by atoms with E-state index in [1.165, 1.54) is 4.57 Å². The molecule has 19 heavy (non-hydrogen) atoms. The van der Waals surface area contributed by atoms with Gasteiger partial charge in [0.1, 0.15) is 11.5 Å². The number of benzene rings is 2. The van der Waals surface area contributed by atoms with E-state index in [0.717, 1.165) is 17.6 Å². The zero-order valence-corrected chi connectivity index (χ0v) is 11.0. The second-order valence-corrected chi connectivity index (χ2v) is 4.79. The van der Waals surface area contributed by atoms with Gasteiger partial charge in [-0.1, -0.05) is 23.7 Å². The van der Waals surface area contributed by atoms with Crippen molar-refractivity contribution in [1.82, 2.24) is 9.55 Å². The molecule has 0 spiro atoms. The fraction of sp³-hybridized carbons (Fsp3) is 0. The third kappa shape index (κ3) is 1.95. The van der Waals surface area contributed by atoms with Gasteiger partial charge < -0.3 is 4.98 Å². The smallest absolute Gasteiger partial charge is 0.182 e. The molecular weight excluding hydrogens is 290 g/mol. The summed E-state index contributed by atoms with van der Waals surface area (Å²) in [6.45, 7) is 0. The molecule has 2 nitrogen and oxygen atoms in total. The molecule has 3 aromatic rings. The number of rotatable bonds is 1. The quantitative estimate of drug-likeness (QED) is 0.650. The zero-order chi connectivity index (χ0) is 13.6. The van der Waals surface area contributed by atoms with E-state index >= 15 is 0 Å². The normalized spacial score (nSPS) is 11.1. The second kappa shape index (κ2) is 4.43. The predicted octanol–water partition coefficient (Wildman–Crippen LogP) is 4.62. The van der Waals surface area contributed by atoms with Gasteiger partial charge in [-0.2, -0.15) is 0 Å². The van der Waals surface area contributed by atoms with Crippen LogP contribution in [0.15, 0.2) is 36.4 Å².